The lowest BCUT2D eigenvalue weighted by atomic mass is 10.0. The van der Waals surface area contributed by atoms with Crippen molar-refractivity contribution in [2.75, 3.05) is 19.6 Å². The van der Waals surface area contributed by atoms with Gasteiger partial charge in [-0.25, -0.2) is 0 Å². The highest BCUT2D eigenvalue weighted by Gasteiger charge is 2.27. The molecule has 0 bridgehead atoms. The highest BCUT2D eigenvalue weighted by Crippen LogP contribution is 2.20. The smallest absolute Gasteiger partial charge is 0.310 e. The van der Waals surface area contributed by atoms with Crippen LogP contribution in [0.15, 0.2) is 0 Å². The second kappa shape index (κ2) is 8.37. The average molecular weight is 299 g/mol. The number of rotatable bonds is 4. The van der Waals surface area contributed by atoms with E-state index in [2.05, 4.69) is 4.90 Å². The molecule has 0 saturated carbocycles. The number of carbonyl (C=O) groups is 2. The molecule has 1 heterocycles. The fourth-order valence-corrected chi connectivity index (χ4v) is 2.61. The highest BCUT2D eigenvalue weighted by molar-refractivity contribution is 5.73. The van der Waals surface area contributed by atoms with Gasteiger partial charge >= 0.3 is 11.9 Å². The van der Waals surface area contributed by atoms with Gasteiger partial charge in [-0.1, -0.05) is 19.3 Å². The van der Waals surface area contributed by atoms with Crippen molar-refractivity contribution in [2.45, 2.75) is 64.9 Å². The van der Waals surface area contributed by atoms with Gasteiger partial charge in [-0.15, -0.1) is 0 Å². The van der Waals surface area contributed by atoms with E-state index >= 15 is 0 Å². The quantitative estimate of drug-likeness (QED) is 0.808. The molecule has 1 aliphatic heterocycles. The molecule has 1 atom stereocenters. The van der Waals surface area contributed by atoms with Gasteiger partial charge < -0.3 is 14.7 Å². The van der Waals surface area contributed by atoms with Crippen molar-refractivity contribution in [3.05, 3.63) is 0 Å². The number of hydrogen-bond acceptors (Lipinski definition) is 4. The largest absolute Gasteiger partial charge is 0.481 e. The Hall–Kier alpha value is -1.10. The van der Waals surface area contributed by atoms with Crippen LogP contribution in [0.5, 0.6) is 0 Å². The minimum Gasteiger partial charge on any atom is -0.481 e. The molecule has 1 N–H and O–H groups in total. The molecule has 0 aliphatic carbocycles. The van der Waals surface area contributed by atoms with Crippen molar-refractivity contribution in [3.8, 4) is 0 Å². The molecule has 0 aromatic heterocycles. The van der Waals surface area contributed by atoms with Crippen LogP contribution >= 0.6 is 0 Å². The summed E-state index contributed by atoms with van der Waals surface area (Å²) in [4.78, 5) is 25.2. The van der Waals surface area contributed by atoms with Crippen LogP contribution in [0.1, 0.15) is 59.3 Å². The minimum absolute atomic E-state index is 0.126. The second-order valence-electron chi connectivity index (χ2n) is 6.88. The number of hydrogen-bond donors (Lipinski definition) is 1. The number of carboxylic acids is 1. The van der Waals surface area contributed by atoms with E-state index in [0.29, 0.717) is 13.1 Å². The van der Waals surface area contributed by atoms with E-state index in [1.165, 1.54) is 0 Å². The summed E-state index contributed by atoms with van der Waals surface area (Å²) in [5.41, 5.74) is -0.471. The Bertz CT molecular complexity index is 349. The first kappa shape index (κ1) is 18.0. The summed E-state index contributed by atoms with van der Waals surface area (Å²) in [6, 6.07) is 0. The Morgan fingerprint density at radius 2 is 1.86 bits per heavy atom. The van der Waals surface area contributed by atoms with E-state index < -0.39 is 11.6 Å². The van der Waals surface area contributed by atoms with Crippen molar-refractivity contribution in [1.29, 1.82) is 0 Å². The van der Waals surface area contributed by atoms with Gasteiger partial charge in [0.15, 0.2) is 0 Å². The predicted octanol–water partition coefficient (Wildman–Crippen LogP) is 2.69. The summed E-state index contributed by atoms with van der Waals surface area (Å²) in [6.07, 6.45) is 5.34. The Balaban J connectivity index is 2.64. The van der Waals surface area contributed by atoms with Gasteiger partial charge in [0.1, 0.15) is 5.60 Å². The van der Waals surface area contributed by atoms with Gasteiger partial charge in [-0.2, -0.15) is 0 Å². The molecule has 1 rings (SSSR count). The van der Waals surface area contributed by atoms with Crippen molar-refractivity contribution >= 4 is 11.9 Å². The molecule has 0 radical (unpaired) electrons. The summed E-state index contributed by atoms with van der Waals surface area (Å²) in [5, 5.41) is 8.84. The van der Waals surface area contributed by atoms with E-state index in [4.69, 9.17) is 9.84 Å². The number of nitrogens with zero attached hydrogens (tertiary/aromatic N) is 1. The molecule has 1 fully saturated rings. The van der Waals surface area contributed by atoms with Gasteiger partial charge in [0, 0.05) is 13.1 Å². The van der Waals surface area contributed by atoms with E-state index in [9.17, 15) is 9.59 Å². The zero-order chi connectivity index (χ0) is 15.9. The highest BCUT2D eigenvalue weighted by atomic mass is 16.6. The van der Waals surface area contributed by atoms with E-state index in [-0.39, 0.29) is 18.3 Å². The van der Waals surface area contributed by atoms with Crippen LogP contribution < -0.4 is 0 Å². The SMILES string of the molecule is CC(C)(C)OC(=O)C1CCCCCCN(CCC(=O)O)C1. The van der Waals surface area contributed by atoms with E-state index in [0.717, 1.165) is 38.6 Å². The van der Waals surface area contributed by atoms with Crippen LogP contribution in [0.3, 0.4) is 0 Å². The third kappa shape index (κ3) is 8.05. The molecule has 122 valence electrons. The maximum absolute atomic E-state index is 12.3. The van der Waals surface area contributed by atoms with Crippen LogP contribution in [0.25, 0.3) is 0 Å². The minimum atomic E-state index is -0.788. The maximum atomic E-state index is 12.3. The number of aliphatic carboxylic acids is 1. The second-order valence-corrected chi connectivity index (χ2v) is 6.88. The fourth-order valence-electron chi connectivity index (χ4n) is 2.61. The fraction of sp³-hybridized carbons (Fsp3) is 0.875. The van der Waals surface area contributed by atoms with Crippen molar-refractivity contribution in [3.63, 3.8) is 0 Å². The predicted molar refractivity (Wildman–Crippen MR) is 81.1 cm³/mol. The first-order chi connectivity index (χ1) is 9.78. The topological polar surface area (TPSA) is 66.8 Å². The van der Waals surface area contributed by atoms with Gasteiger partial charge in [0.05, 0.1) is 12.3 Å². The van der Waals surface area contributed by atoms with Crippen LogP contribution in [0.2, 0.25) is 0 Å². The lowest BCUT2D eigenvalue weighted by Gasteiger charge is -2.28. The van der Waals surface area contributed by atoms with Crippen molar-refractivity contribution < 1.29 is 19.4 Å². The maximum Gasteiger partial charge on any atom is 0.310 e. The van der Waals surface area contributed by atoms with Crippen LogP contribution in [-0.2, 0) is 14.3 Å². The van der Waals surface area contributed by atoms with Gasteiger partial charge in [0.25, 0.3) is 0 Å². The average Bonchev–Trinajstić information content (AvgIpc) is 2.45. The van der Waals surface area contributed by atoms with Crippen LogP contribution in [0.4, 0.5) is 0 Å². The Labute approximate surface area is 127 Å². The molecule has 1 saturated heterocycles. The first-order valence-corrected chi connectivity index (χ1v) is 7.95. The molecule has 0 aromatic carbocycles. The molecule has 21 heavy (non-hydrogen) atoms. The van der Waals surface area contributed by atoms with Gasteiger partial charge in [0.2, 0.25) is 0 Å². The normalized spacial score (nSPS) is 22.0. The summed E-state index contributed by atoms with van der Waals surface area (Å²) >= 11 is 0. The number of esters is 1. The monoisotopic (exact) mass is 299 g/mol. The molecule has 5 heteroatoms. The summed E-state index contributed by atoms with van der Waals surface area (Å²) in [6.45, 7) is 7.62. The molecule has 0 aromatic rings. The summed E-state index contributed by atoms with van der Waals surface area (Å²) in [7, 11) is 0. The Kier molecular flexibility index (Phi) is 7.15. The number of carbonyl (C=O) groups excluding carboxylic acids is 1. The van der Waals surface area contributed by atoms with Crippen molar-refractivity contribution in [2.24, 2.45) is 5.92 Å². The Morgan fingerprint density at radius 1 is 1.19 bits per heavy atom. The number of carboxylic acid groups (broad SMARTS) is 1. The third-order valence-electron chi connectivity index (χ3n) is 3.64. The molecule has 1 unspecified atom stereocenters. The molecule has 1 aliphatic rings. The summed E-state index contributed by atoms with van der Waals surface area (Å²) in [5.74, 6) is -1.08. The zero-order valence-electron chi connectivity index (χ0n) is 13.6. The zero-order valence-corrected chi connectivity index (χ0v) is 13.6. The van der Waals surface area contributed by atoms with E-state index in [1.807, 2.05) is 20.8 Å². The molecule has 0 amide bonds. The lowest BCUT2D eigenvalue weighted by molar-refractivity contribution is -0.161. The van der Waals surface area contributed by atoms with Gasteiger partial charge in [-0.05, 0) is 40.2 Å². The standard InChI is InChI=1S/C16H29NO4/c1-16(2,3)21-15(20)13-8-6-4-5-7-10-17(12-13)11-9-14(18)19/h13H,4-12H2,1-3H3,(H,18,19). The molecular weight excluding hydrogens is 270 g/mol. The lowest BCUT2D eigenvalue weighted by Crippen LogP contribution is -2.38. The third-order valence-corrected chi connectivity index (χ3v) is 3.64. The van der Waals surface area contributed by atoms with Crippen molar-refractivity contribution in [1.82, 2.24) is 4.90 Å². The molecule has 0 spiro atoms. The van der Waals surface area contributed by atoms with Crippen LogP contribution in [-0.4, -0.2) is 47.2 Å². The molecular formula is C16H29NO4. The summed E-state index contributed by atoms with van der Waals surface area (Å²) < 4.78 is 5.51. The van der Waals surface area contributed by atoms with E-state index in [1.54, 1.807) is 0 Å². The van der Waals surface area contributed by atoms with Crippen LogP contribution in [0, 0.1) is 5.92 Å². The van der Waals surface area contributed by atoms with Gasteiger partial charge in [-0.3, -0.25) is 9.59 Å². The first-order valence-electron chi connectivity index (χ1n) is 7.95. The molecule has 5 nitrogen and oxygen atoms in total. The Morgan fingerprint density at radius 3 is 2.48 bits per heavy atom. The number of ether oxygens (including phenoxy) is 1.